The summed E-state index contributed by atoms with van der Waals surface area (Å²) in [5.41, 5.74) is 0. The molecule has 1 heterocycles. The van der Waals surface area contributed by atoms with Crippen molar-refractivity contribution in [2.45, 2.75) is 51.9 Å². The Morgan fingerprint density at radius 3 is 2.87 bits per heavy atom. The average Bonchev–Trinajstić information content (AvgIpc) is 2.97. The first kappa shape index (κ1) is 11.2. The van der Waals surface area contributed by atoms with Crippen LogP contribution in [0.5, 0.6) is 0 Å². The van der Waals surface area contributed by atoms with Crippen LogP contribution in [0.4, 0.5) is 0 Å². The van der Waals surface area contributed by atoms with E-state index in [0.29, 0.717) is 0 Å². The molecule has 0 saturated heterocycles. The zero-order valence-corrected chi connectivity index (χ0v) is 10.6. The molecule has 0 radical (unpaired) electrons. The molecular weight excluding hydrogens is 200 g/mol. The monoisotopic (exact) mass is 222 g/mol. The summed E-state index contributed by atoms with van der Waals surface area (Å²) >= 11 is 1.94. The lowest BCUT2D eigenvalue weighted by atomic mass is 9.92. The van der Waals surface area contributed by atoms with Gasteiger partial charge in [-0.05, 0) is 49.0 Å². The van der Waals surface area contributed by atoms with Crippen molar-refractivity contribution >= 4 is 11.3 Å². The van der Waals surface area contributed by atoms with E-state index >= 15 is 0 Å². The molecule has 2 rings (SSSR count). The molecule has 0 aliphatic heterocycles. The standard InChI is InChI=1S/C14H22S/c1-2-3-4-6-13(12-8-9-12)11-14-7-5-10-15-14/h5,7,10,12-13H,2-4,6,8-9,11H2,1H3. The van der Waals surface area contributed by atoms with Crippen LogP contribution in [0.3, 0.4) is 0 Å². The van der Waals surface area contributed by atoms with Crippen molar-refractivity contribution in [1.82, 2.24) is 0 Å². The van der Waals surface area contributed by atoms with Crippen LogP contribution < -0.4 is 0 Å². The van der Waals surface area contributed by atoms with Crippen molar-refractivity contribution in [3.8, 4) is 0 Å². The number of hydrogen-bond acceptors (Lipinski definition) is 1. The Labute approximate surface area is 97.7 Å². The van der Waals surface area contributed by atoms with Crippen molar-refractivity contribution < 1.29 is 0 Å². The second-order valence-corrected chi connectivity index (χ2v) is 5.91. The summed E-state index contributed by atoms with van der Waals surface area (Å²) < 4.78 is 0. The minimum Gasteiger partial charge on any atom is -0.149 e. The fourth-order valence-electron chi connectivity index (χ4n) is 2.42. The summed E-state index contributed by atoms with van der Waals surface area (Å²) in [6, 6.07) is 4.50. The summed E-state index contributed by atoms with van der Waals surface area (Å²) in [5, 5.41) is 2.21. The molecule has 1 aromatic heterocycles. The molecule has 0 spiro atoms. The number of rotatable bonds is 7. The molecule has 15 heavy (non-hydrogen) atoms. The van der Waals surface area contributed by atoms with Gasteiger partial charge in [0, 0.05) is 4.88 Å². The van der Waals surface area contributed by atoms with Crippen molar-refractivity contribution in [3.63, 3.8) is 0 Å². The lowest BCUT2D eigenvalue weighted by Gasteiger charge is -2.14. The molecule has 1 atom stereocenters. The first-order valence-electron chi connectivity index (χ1n) is 6.42. The van der Waals surface area contributed by atoms with Gasteiger partial charge in [0.2, 0.25) is 0 Å². The molecule has 0 bridgehead atoms. The van der Waals surface area contributed by atoms with Crippen molar-refractivity contribution in [1.29, 1.82) is 0 Å². The molecular formula is C14H22S. The summed E-state index contributed by atoms with van der Waals surface area (Å²) in [6.07, 6.45) is 10.1. The average molecular weight is 222 g/mol. The molecule has 1 aliphatic rings. The van der Waals surface area contributed by atoms with Crippen LogP contribution in [0.2, 0.25) is 0 Å². The van der Waals surface area contributed by atoms with Crippen LogP contribution in [0, 0.1) is 11.8 Å². The van der Waals surface area contributed by atoms with Crippen molar-refractivity contribution in [2.24, 2.45) is 11.8 Å². The maximum atomic E-state index is 2.31. The van der Waals surface area contributed by atoms with E-state index in [0.717, 1.165) is 11.8 Å². The zero-order valence-electron chi connectivity index (χ0n) is 9.74. The Morgan fingerprint density at radius 1 is 1.40 bits per heavy atom. The van der Waals surface area contributed by atoms with Gasteiger partial charge in [-0.25, -0.2) is 0 Å². The van der Waals surface area contributed by atoms with Gasteiger partial charge in [0.15, 0.2) is 0 Å². The van der Waals surface area contributed by atoms with Crippen LogP contribution in [-0.4, -0.2) is 0 Å². The third-order valence-corrected chi connectivity index (χ3v) is 4.41. The van der Waals surface area contributed by atoms with Gasteiger partial charge >= 0.3 is 0 Å². The molecule has 0 nitrogen and oxygen atoms in total. The Morgan fingerprint density at radius 2 is 2.27 bits per heavy atom. The SMILES string of the molecule is CCCCCC(Cc1cccs1)C1CC1. The van der Waals surface area contributed by atoms with E-state index < -0.39 is 0 Å². The minimum atomic E-state index is 0.996. The molecule has 0 N–H and O–H groups in total. The van der Waals surface area contributed by atoms with Gasteiger partial charge in [-0.3, -0.25) is 0 Å². The first-order chi connectivity index (χ1) is 7.40. The highest BCUT2D eigenvalue weighted by Gasteiger charge is 2.30. The third-order valence-electron chi connectivity index (χ3n) is 3.51. The molecule has 1 aromatic rings. The third kappa shape index (κ3) is 3.64. The van der Waals surface area contributed by atoms with Gasteiger partial charge in [-0.1, -0.05) is 32.3 Å². The van der Waals surface area contributed by atoms with E-state index in [1.807, 2.05) is 11.3 Å². The molecule has 0 amide bonds. The molecule has 1 unspecified atom stereocenters. The molecule has 84 valence electrons. The van der Waals surface area contributed by atoms with Crippen LogP contribution in [0.15, 0.2) is 17.5 Å². The normalized spacial score (nSPS) is 17.9. The Hall–Kier alpha value is -0.300. The maximum absolute atomic E-state index is 2.31. The van der Waals surface area contributed by atoms with Gasteiger partial charge in [0.25, 0.3) is 0 Å². The van der Waals surface area contributed by atoms with E-state index in [-0.39, 0.29) is 0 Å². The van der Waals surface area contributed by atoms with Crippen LogP contribution >= 0.6 is 11.3 Å². The number of thiophene rings is 1. The lowest BCUT2D eigenvalue weighted by Crippen LogP contribution is -2.06. The Balaban J connectivity index is 1.78. The zero-order chi connectivity index (χ0) is 10.5. The summed E-state index contributed by atoms with van der Waals surface area (Å²) in [7, 11) is 0. The number of unbranched alkanes of at least 4 members (excludes halogenated alkanes) is 2. The molecule has 0 aromatic carbocycles. The maximum Gasteiger partial charge on any atom is 0.00480 e. The minimum absolute atomic E-state index is 0.996. The van der Waals surface area contributed by atoms with Crippen LogP contribution in [0.1, 0.15) is 50.3 Å². The smallest absolute Gasteiger partial charge is 0.00480 e. The highest BCUT2D eigenvalue weighted by Crippen LogP contribution is 2.41. The quantitative estimate of drug-likeness (QED) is 0.576. The largest absolute Gasteiger partial charge is 0.149 e. The van der Waals surface area contributed by atoms with E-state index in [4.69, 9.17) is 0 Å². The predicted molar refractivity (Wildman–Crippen MR) is 68.4 cm³/mol. The van der Waals surface area contributed by atoms with Gasteiger partial charge in [-0.2, -0.15) is 0 Å². The van der Waals surface area contributed by atoms with Crippen molar-refractivity contribution in [3.05, 3.63) is 22.4 Å². The topological polar surface area (TPSA) is 0 Å². The van der Waals surface area contributed by atoms with E-state index in [1.165, 1.54) is 44.9 Å². The van der Waals surface area contributed by atoms with Gasteiger partial charge < -0.3 is 0 Å². The second-order valence-electron chi connectivity index (χ2n) is 4.88. The fraction of sp³-hybridized carbons (Fsp3) is 0.714. The number of hydrogen-bond donors (Lipinski definition) is 0. The molecule has 1 heteroatoms. The van der Waals surface area contributed by atoms with Crippen LogP contribution in [0.25, 0.3) is 0 Å². The molecule has 1 aliphatic carbocycles. The van der Waals surface area contributed by atoms with Crippen LogP contribution in [-0.2, 0) is 6.42 Å². The van der Waals surface area contributed by atoms with E-state index in [2.05, 4.69) is 24.4 Å². The summed E-state index contributed by atoms with van der Waals surface area (Å²) in [6.45, 7) is 2.30. The van der Waals surface area contributed by atoms with Gasteiger partial charge in [0.05, 0.1) is 0 Å². The fourth-order valence-corrected chi connectivity index (χ4v) is 3.22. The van der Waals surface area contributed by atoms with E-state index in [9.17, 15) is 0 Å². The predicted octanol–water partition coefficient (Wildman–Crippen LogP) is 4.90. The summed E-state index contributed by atoms with van der Waals surface area (Å²) in [4.78, 5) is 1.60. The second kappa shape index (κ2) is 5.69. The van der Waals surface area contributed by atoms with Gasteiger partial charge in [0.1, 0.15) is 0 Å². The molecule has 1 saturated carbocycles. The lowest BCUT2D eigenvalue weighted by molar-refractivity contribution is 0.408. The highest BCUT2D eigenvalue weighted by atomic mass is 32.1. The summed E-state index contributed by atoms with van der Waals surface area (Å²) in [5.74, 6) is 2.07. The van der Waals surface area contributed by atoms with Crippen molar-refractivity contribution in [2.75, 3.05) is 0 Å². The first-order valence-corrected chi connectivity index (χ1v) is 7.30. The Kier molecular flexibility index (Phi) is 4.25. The molecule has 1 fully saturated rings. The highest BCUT2D eigenvalue weighted by molar-refractivity contribution is 7.09. The van der Waals surface area contributed by atoms with E-state index in [1.54, 1.807) is 4.88 Å². The Bertz CT molecular complexity index is 259. The van der Waals surface area contributed by atoms with Gasteiger partial charge in [-0.15, -0.1) is 11.3 Å².